The Morgan fingerprint density at radius 2 is 2.33 bits per heavy atom. The van der Waals surface area contributed by atoms with Gasteiger partial charge in [-0.1, -0.05) is 17.5 Å². The summed E-state index contributed by atoms with van der Waals surface area (Å²) in [5.74, 6) is 3.23. The Labute approximate surface area is 103 Å². The molecule has 1 rings (SSSR count). The largest absolute Gasteiger partial charge is 0.491 e. The van der Waals surface area contributed by atoms with Crippen molar-refractivity contribution in [1.82, 2.24) is 0 Å². The molecule has 0 radical (unpaired) electrons. The third-order valence-corrected chi connectivity index (χ3v) is 2.49. The molecule has 0 spiro atoms. The summed E-state index contributed by atoms with van der Waals surface area (Å²) in [4.78, 5) is 0. The molecule has 0 aliphatic rings. The van der Waals surface area contributed by atoms with Crippen LogP contribution in [-0.2, 0) is 0 Å². The molecule has 0 atom stereocenters. The van der Waals surface area contributed by atoms with E-state index >= 15 is 0 Å². The number of ether oxygens (including phenoxy) is 1. The van der Waals surface area contributed by atoms with Crippen molar-refractivity contribution in [2.45, 2.75) is 6.92 Å². The molecule has 1 aromatic rings. The summed E-state index contributed by atoms with van der Waals surface area (Å²) in [6.07, 6.45) is 5.18. The molecular formula is C11H11BrClNO. The molecule has 0 saturated heterocycles. The van der Waals surface area contributed by atoms with Gasteiger partial charge in [-0.25, -0.2) is 0 Å². The fourth-order valence-corrected chi connectivity index (χ4v) is 2.05. The zero-order chi connectivity index (χ0) is 11.3. The van der Waals surface area contributed by atoms with Gasteiger partial charge in [-0.2, -0.15) is 0 Å². The fourth-order valence-electron chi connectivity index (χ4n) is 1.13. The average Bonchev–Trinajstić information content (AvgIpc) is 2.19. The van der Waals surface area contributed by atoms with E-state index in [0.29, 0.717) is 18.2 Å². The summed E-state index contributed by atoms with van der Waals surface area (Å²) in [6, 6.07) is 3.57. The van der Waals surface area contributed by atoms with Gasteiger partial charge >= 0.3 is 0 Å². The van der Waals surface area contributed by atoms with E-state index in [0.717, 1.165) is 15.9 Å². The summed E-state index contributed by atoms with van der Waals surface area (Å²) in [6.45, 7) is 2.95. The number of anilines is 1. The van der Waals surface area contributed by atoms with Crippen LogP contribution < -0.4 is 10.1 Å². The maximum Gasteiger partial charge on any atom is 0.156 e. The number of benzene rings is 1. The first-order valence-corrected chi connectivity index (χ1v) is 5.65. The Hall–Kier alpha value is -0.850. The van der Waals surface area contributed by atoms with Crippen LogP contribution in [0, 0.1) is 12.3 Å². The van der Waals surface area contributed by atoms with Crippen LogP contribution in [0.5, 0.6) is 5.75 Å². The normalized spacial score (nSPS) is 9.47. The van der Waals surface area contributed by atoms with Crippen LogP contribution in [-0.4, -0.2) is 13.2 Å². The lowest BCUT2D eigenvalue weighted by Crippen LogP contribution is -2.03. The second kappa shape index (κ2) is 5.89. The third-order valence-electron chi connectivity index (χ3n) is 1.68. The zero-order valence-corrected chi connectivity index (χ0v) is 10.7. The van der Waals surface area contributed by atoms with Crippen molar-refractivity contribution in [2.24, 2.45) is 0 Å². The van der Waals surface area contributed by atoms with E-state index in [1.54, 1.807) is 12.1 Å². The molecule has 2 nitrogen and oxygen atoms in total. The summed E-state index contributed by atoms with van der Waals surface area (Å²) in [5, 5.41) is 3.68. The summed E-state index contributed by atoms with van der Waals surface area (Å²) in [5.41, 5.74) is 0.800. The molecule has 4 heteroatoms. The molecule has 0 heterocycles. The van der Waals surface area contributed by atoms with Gasteiger partial charge in [0.15, 0.2) is 5.75 Å². The lowest BCUT2D eigenvalue weighted by atomic mass is 10.3. The van der Waals surface area contributed by atoms with Gasteiger partial charge < -0.3 is 10.1 Å². The number of rotatable bonds is 4. The van der Waals surface area contributed by atoms with E-state index in [9.17, 15) is 0 Å². The first-order valence-electron chi connectivity index (χ1n) is 4.48. The minimum absolute atomic E-state index is 0.437. The molecule has 0 saturated carbocycles. The highest BCUT2D eigenvalue weighted by molar-refractivity contribution is 9.10. The first kappa shape index (κ1) is 12.2. The molecule has 0 unspecified atom stereocenters. The Morgan fingerprint density at radius 1 is 1.60 bits per heavy atom. The van der Waals surface area contributed by atoms with E-state index < -0.39 is 0 Å². The Balaban J connectivity index is 3.04. The van der Waals surface area contributed by atoms with Crippen LogP contribution in [0.25, 0.3) is 0 Å². The SMILES string of the molecule is C#CCNc1cc(Cl)cc(Br)c1OCC. The molecule has 1 aromatic carbocycles. The van der Waals surface area contributed by atoms with Gasteiger partial charge in [-0.05, 0) is 35.0 Å². The molecule has 0 aliphatic heterocycles. The van der Waals surface area contributed by atoms with Gasteiger partial charge in [-0.15, -0.1) is 6.42 Å². The van der Waals surface area contributed by atoms with Gasteiger partial charge in [0.2, 0.25) is 0 Å². The molecular weight excluding hydrogens is 277 g/mol. The van der Waals surface area contributed by atoms with Crippen molar-refractivity contribution in [2.75, 3.05) is 18.5 Å². The standard InChI is InChI=1S/C11H11BrClNO/c1-3-5-14-10-7-8(13)6-9(12)11(10)15-4-2/h1,6-7,14H,4-5H2,2H3. The van der Waals surface area contributed by atoms with Crippen LogP contribution in [0.2, 0.25) is 5.02 Å². The summed E-state index contributed by atoms with van der Waals surface area (Å²) < 4.78 is 6.30. The summed E-state index contributed by atoms with van der Waals surface area (Å²) >= 11 is 9.31. The van der Waals surface area contributed by atoms with Crippen molar-refractivity contribution < 1.29 is 4.74 Å². The Bertz CT molecular complexity index is 387. The first-order chi connectivity index (χ1) is 7.19. The van der Waals surface area contributed by atoms with Crippen LogP contribution in [0.4, 0.5) is 5.69 Å². The lowest BCUT2D eigenvalue weighted by Gasteiger charge is -2.13. The number of nitrogens with one attached hydrogen (secondary N) is 1. The quantitative estimate of drug-likeness (QED) is 0.856. The summed E-state index contributed by atoms with van der Waals surface area (Å²) in [7, 11) is 0. The molecule has 0 amide bonds. The van der Waals surface area contributed by atoms with Crippen molar-refractivity contribution in [3.05, 3.63) is 21.6 Å². The number of halogens is 2. The van der Waals surface area contributed by atoms with E-state index in [4.69, 9.17) is 22.8 Å². The van der Waals surface area contributed by atoms with Crippen LogP contribution in [0.3, 0.4) is 0 Å². The number of hydrogen-bond acceptors (Lipinski definition) is 2. The maximum atomic E-state index is 5.92. The van der Waals surface area contributed by atoms with Crippen molar-refractivity contribution >= 4 is 33.2 Å². The fraction of sp³-hybridized carbons (Fsp3) is 0.273. The number of terminal acetylenes is 1. The molecule has 0 aromatic heterocycles. The van der Waals surface area contributed by atoms with Gasteiger partial charge in [0.1, 0.15) is 0 Å². The molecule has 0 fully saturated rings. The van der Waals surface area contributed by atoms with Gasteiger partial charge in [0, 0.05) is 5.02 Å². The minimum Gasteiger partial charge on any atom is -0.491 e. The topological polar surface area (TPSA) is 21.3 Å². The molecule has 1 N–H and O–H groups in total. The number of hydrogen-bond donors (Lipinski definition) is 1. The van der Waals surface area contributed by atoms with E-state index in [1.165, 1.54) is 0 Å². The van der Waals surface area contributed by atoms with Crippen LogP contribution in [0.15, 0.2) is 16.6 Å². The molecule has 80 valence electrons. The van der Waals surface area contributed by atoms with Gasteiger partial charge in [-0.3, -0.25) is 0 Å². The molecule has 0 bridgehead atoms. The molecule has 0 aliphatic carbocycles. The minimum atomic E-state index is 0.437. The Kier molecular flexibility index (Phi) is 4.80. The zero-order valence-electron chi connectivity index (χ0n) is 8.31. The predicted octanol–water partition coefficient (Wildman–Crippen LogP) is 3.55. The van der Waals surface area contributed by atoms with E-state index in [2.05, 4.69) is 27.2 Å². The second-order valence-corrected chi connectivity index (χ2v) is 4.05. The van der Waals surface area contributed by atoms with Crippen LogP contribution >= 0.6 is 27.5 Å². The van der Waals surface area contributed by atoms with Gasteiger partial charge in [0.25, 0.3) is 0 Å². The van der Waals surface area contributed by atoms with Crippen LogP contribution in [0.1, 0.15) is 6.92 Å². The smallest absolute Gasteiger partial charge is 0.156 e. The highest BCUT2D eigenvalue weighted by Crippen LogP contribution is 2.36. The Morgan fingerprint density at radius 3 is 2.93 bits per heavy atom. The van der Waals surface area contributed by atoms with Crippen molar-refractivity contribution in [1.29, 1.82) is 0 Å². The highest BCUT2D eigenvalue weighted by Gasteiger charge is 2.09. The van der Waals surface area contributed by atoms with Crippen molar-refractivity contribution in [3.8, 4) is 18.1 Å². The molecule has 15 heavy (non-hydrogen) atoms. The monoisotopic (exact) mass is 287 g/mol. The van der Waals surface area contributed by atoms with E-state index in [-0.39, 0.29) is 0 Å². The lowest BCUT2D eigenvalue weighted by molar-refractivity contribution is 0.339. The highest BCUT2D eigenvalue weighted by atomic mass is 79.9. The van der Waals surface area contributed by atoms with E-state index in [1.807, 2.05) is 6.92 Å². The maximum absolute atomic E-state index is 5.92. The third kappa shape index (κ3) is 3.33. The second-order valence-electron chi connectivity index (χ2n) is 2.75. The average molecular weight is 289 g/mol. The van der Waals surface area contributed by atoms with Crippen molar-refractivity contribution in [3.63, 3.8) is 0 Å². The van der Waals surface area contributed by atoms with Gasteiger partial charge in [0.05, 0.1) is 23.3 Å². The predicted molar refractivity (Wildman–Crippen MR) is 67.6 cm³/mol.